The minimum absolute atomic E-state index is 0.150. The van der Waals surface area contributed by atoms with Crippen LogP contribution < -0.4 is 0 Å². The third-order valence-electron chi connectivity index (χ3n) is 6.05. The fourth-order valence-corrected chi connectivity index (χ4v) is 20.7. The number of hydrogen-bond donors (Lipinski definition) is 3. The molecule has 2 unspecified atom stereocenters. The third-order valence-corrected chi connectivity index (χ3v) is 19.2. The monoisotopic (exact) mass is 584 g/mol. The van der Waals surface area contributed by atoms with Gasteiger partial charge in [0.1, 0.15) is 0 Å². The lowest BCUT2D eigenvalue weighted by Gasteiger charge is -2.41. The van der Waals surface area contributed by atoms with Crippen molar-refractivity contribution in [1.82, 2.24) is 0 Å². The maximum atomic E-state index is 9.13. The highest BCUT2D eigenvalue weighted by molar-refractivity contribution is 6.86. The molecule has 0 bridgehead atoms. The lowest BCUT2D eigenvalue weighted by molar-refractivity contribution is 0.225. The van der Waals surface area contributed by atoms with Gasteiger partial charge in [-0.15, -0.1) is 0 Å². The summed E-state index contributed by atoms with van der Waals surface area (Å²) in [6.07, 6.45) is 14.7. The molecule has 0 aliphatic rings. The molecule has 0 saturated carbocycles. The van der Waals surface area contributed by atoms with Crippen molar-refractivity contribution in [2.45, 2.75) is 148 Å². The van der Waals surface area contributed by atoms with E-state index in [9.17, 15) is 0 Å². The lowest BCUT2D eigenvalue weighted by atomic mass is 10.1. The molecule has 0 spiro atoms. The van der Waals surface area contributed by atoms with E-state index in [1.165, 1.54) is 38.5 Å². The van der Waals surface area contributed by atoms with Gasteiger partial charge in [-0.25, -0.2) is 0 Å². The first-order chi connectivity index (χ1) is 16.1. The van der Waals surface area contributed by atoms with Gasteiger partial charge in [0.2, 0.25) is 0 Å². The highest BCUT2D eigenvalue weighted by Crippen LogP contribution is 2.30. The molecule has 2 atom stereocenters. The molecule has 0 amide bonds. The first-order valence-corrected chi connectivity index (χ1v) is 27.9. The van der Waals surface area contributed by atoms with Crippen LogP contribution in [0.3, 0.4) is 0 Å². The van der Waals surface area contributed by atoms with Crippen LogP contribution >= 0.6 is 0 Å². The molecule has 0 fully saturated rings. The molecule has 0 aromatic rings. The maximum Gasteiger partial charge on any atom is 0.492 e. The van der Waals surface area contributed by atoms with Crippen molar-refractivity contribution in [2.75, 3.05) is 6.23 Å². The smallest absolute Gasteiger partial charge is 0.437 e. The van der Waals surface area contributed by atoms with E-state index in [2.05, 4.69) is 52.8 Å². The van der Waals surface area contributed by atoms with Crippen LogP contribution in [0.1, 0.15) is 84.0 Å². The summed E-state index contributed by atoms with van der Waals surface area (Å²) in [4.78, 5) is 27.4. The van der Waals surface area contributed by atoms with Crippen LogP contribution in [0.4, 0.5) is 0 Å². The molecule has 0 saturated heterocycles. The Hall–Kier alpha value is 0.844. The molecule has 0 aromatic heterocycles. The lowest BCUT2D eigenvalue weighted by Crippen LogP contribution is -2.56. The second kappa shape index (κ2) is 18.2. The fourth-order valence-electron chi connectivity index (χ4n) is 4.46. The Labute approximate surface area is 223 Å². The van der Waals surface area contributed by atoms with E-state index in [-0.39, 0.29) is 6.04 Å². The Morgan fingerprint density at radius 2 is 1.00 bits per heavy atom. The van der Waals surface area contributed by atoms with Crippen molar-refractivity contribution >= 4 is 43.0 Å². The van der Waals surface area contributed by atoms with E-state index >= 15 is 0 Å². The zero-order valence-corrected chi connectivity index (χ0v) is 29.6. The Kier molecular flexibility index (Phi) is 18.6. The molecule has 11 heteroatoms. The van der Waals surface area contributed by atoms with Crippen LogP contribution in [0.25, 0.3) is 0 Å². The average Bonchev–Trinajstić information content (AvgIpc) is 2.69. The van der Waals surface area contributed by atoms with Crippen molar-refractivity contribution in [3.05, 3.63) is 0 Å². The summed E-state index contributed by atoms with van der Waals surface area (Å²) in [5, 5.41) is 0. The van der Waals surface area contributed by atoms with Gasteiger partial charge in [0.25, 0.3) is 0 Å². The molecule has 6 nitrogen and oxygen atoms in total. The summed E-state index contributed by atoms with van der Waals surface area (Å²) in [5.74, 6) is 0. The zero-order chi connectivity index (χ0) is 27.0. The molecule has 212 valence electrons. The summed E-state index contributed by atoms with van der Waals surface area (Å²) in [7, 11) is -11.1. The molecule has 0 aliphatic heterocycles. The Balaban J connectivity index is 4.91. The van der Waals surface area contributed by atoms with Gasteiger partial charge in [-0.05, 0) is 51.2 Å². The highest BCUT2D eigenvalue weighted by atomic mass is 28.5. The Bertz CT molecular complexity index is 530. The minimum atomic E-state index is -3.87. The van der Waals surface area contributed by atoms with Gasteiger partial charge < -0.3 is 27.0 Å². The van der Waals surface area contributed by atoms with Crippen molar-refractivity contribution in [3.8, 4) is 0 Å². The van der Waals surface area contributed by atoms with Crippen molar-refractivity contribution < 1.29 is 27.0 Å². The van der Waals surface area contributed by atoms with E-state index in [0.29, 0.717) is 6.42 Å². The van der Waals surface area contributed by atoms with Gasteiger partial charge in [-0.2, -0.15) is 0 Å². The topological polar surface area (TPSA) is 88.4 Å². The highest BCUT2D eigenvalue weighted by Gasteiger charge is 2.44. The van der Waals surface area contributed by atoms with Crippen LogP contribution in [-0.2, 0) is 12.7 Å². The maximum absolute atomic E-state index is 9.13. The molecule has 35 heavy (non-hydrogen) atoms. The van der Waals surface area contributed by atoms with E-state index in [1.54, 1.807) is 0 Å². The van der Waals surface area contributed by atoms with Crippen molar-refractivity contribution in [3.63, 3.8) is 0 Å². The molecule has 3 N–H and O–H groups in total. The summed E-state index contributed by atoms with van der Waals surface area (Å²) in [6, 6.07) is 2.24. The SMILES string of the molecule is CCCCCCCC[Si](C)(OC[SiH](C)C)O[Si](C)(CCCCCCCC[Si](O)(O)O)O[Si](C)(C)C. The van der Waals surface area contributed by atoms with E-state index in [4.69, 9.17) is 27.0 Å². The largest absolute Gasteiger partial charge is 0.492 e. The second-order valence-corrected chi connectivity index (χ2v) is 29.1. The second-order valence-electron chi connectivity index (χ2n) is 12.2. The normalized spacial score (nSPS) is 16.5. The summed E-state index contributed by atoms with van der Waals surface area (Å²) < 4.78 is 20.5. The zero-order valence-electron chi connectivity index (χ0n) is 24.5. The molecule has 0 heterocycles. The summed E-state index contributed by atoms with van der Waals surface area (Å²) in [6.45, 7) is 18.3. The summed E-state index contributed by atoms with van der Waals surface area (Å²) in [5.41, 5.74) is 0. The number of hydrogen-bond acceptors (Lipinski definition) is 6. The van der Waals surface area contributed by atoms with Crippen molar-refractivity contribution in [1.29, 1.82) is 0 Å². The van der Waals surface area contributed by atoms with Gasteiger partial charge in [0, 0.05) is 12.3 Å². The first kappa shape index (κ1) is 35.8. The van der Waals surface area contributed by atoms with Crippen molar-refractivity contribution in [2.24, 2.45) is 0 Å². The van der Waals surface area contributed by atoms with E-state index in [0.717, 1.165) is 50.4 Å². The van der Waals surface area contributed by atoms with Gasteiger partial charge >= 0.3 is 25.9 Å². The average molecular weight is 585 g/mol. The standard InChI is InChI=1S/C24H60O6Si5/c1-9-10-11-12-15-18-21-33(7,28-24-31(2)3)30-34(8,29-32(4,5)6)22-19-16-13-14-17-20-23-35(25,26)27/h25-27,31H,9-24H2,1-8H3. The molecular formula is C24H60O6Si5. The van der Waals surface area contributed by atoms with Crippen LogP contribution in [-0.4, -0.2) is 63.7 Å². The van der Waals surface area contributed by atoms with Crippen LogP contribution in [0.2, 0.25) is 64.0 Å². The predicted molar refractivity (Wildman–Crippen MR) is 161 cm³/mol. The van der Waals surface area contributed by atoms with Crippen LogP contribution in [0, 0.1) is 0 Å². The van der Waals surface area contributed by atoms with E-state index < -0.39 is 43.0 Å². The Morgan fingerprint density at radius 1 is 0.571 bits per heavy atom. The molecule has 0 rings (SSSR count). The third kappa shape index (κ3) is 22.5. The van der Waals surface area contributed by atoms with Gasteiger partial charge in [-0.1, -0.05) is 90.6 Å². The molecule has 0 radical (unpaired) electrons. The van der Waals surface area contributed by atoms with E-state index in [1.807, 2.05) is 0 Å². The van der Waals surface area contributed by atoms with Gasteiger partial charge in [-0.3, -0.25) is 0 Å². The minimum Gasteiger partial charge on any atom is -0.437 e. The van der Waals surface area contributed by atoms with Crippen LogP contribution in [0.5, 0.6) is 0 Å². The quantitative estimate of drug-likeness (QED) is 0.0919. The Morgan fingerprint density at radius 3 is 1.43 bits per heavy atom. The number of unbranched alkanes of at least 4 members (excludes halogenated alkanes) is 10. The van der Waals surface area contributed by atoms with Gasteiger partial charge in [0.15, 0.2) is 8.32 Å². The molecule has 0 aromatic carbocycles. The van der Waals surface area contributed by atoms with Crippen LogP contribution in [0.15, 0.2) is 0 Å². The summed E-state index contributed by atoms with van der Waals surface area (Å²) >= 11 is 0. The van der Waals surface area contributed by atoms with Gasteiger partial charge in [0.05, 0.1) is 8.80 Å². The number of rotatable bonds is 23. The molecule has 0 aliphatic carbocycles. The fraction of sp³-hybridized carbons (Fsp3) is 1.00. The first-order valence-electron chi connectivity index (χ1n) is 14.3. The predicted octanol–water partition coefficient (Wildman–Crippen LogP) is 6.66. The molecular weight excluding hydrogens is 525 g/mol.